The molecule has 0 bridgehead atoms. The van der Waals surface area contributed by atoms with E-state index in [2.05, 4.69) is 0 Å². The maximum atomic E-state index is 13.0. The Hall–Kier alpha value is -2.11. The standard InChI is InChI=1S/C13H16FNO4/c1-15(2)12(16)4-3-7-19-11-8-9(14)5-6-10(11)13(17)18/h5-6,8H,3-4,7H2,1-2H3,(H,17,18). The van der Waals surface area contributed by atoms with Crippen LogP contribution in [0.4, 0.5) is 4.39 Å². The van der Waals surface area contributed by atoms with Crippen molar-refractivity contribution >= 4 is 11.9 Å². The summed E-state index contributed by atoms with van der Waals surface area (Å²) < 4.78 is 18.2. The van der Waals surface area contributed by atoms with E-state index < -0.39 is 11.8 Å². The molecule has 0 fully saturated rings. The molecule has 0 radical (unpaired) electrons. The number of ether oxygens (including phenoxy) is 1. The Balaban J connectivity index is 2.55. The van der Waals surface area contributed by atoms with Crippen molar-refractivity contribution in [2.24, 2.45) is 0 Å². The van der Waals surface area contributed by atoms with Gasteiger partial charge in [0.05, 0.1) is 6.61 Å². The summed E-state index contributed by atoms with van der Waals surface area (Å²) in [5, 5.41) is 8.91. The zero-order valence-electron chi connectivity index (χ0n) is 10.9. The molecule has 1 amide bonds. The topological polar surface area (TPSA) is 66.8 Å². The van der Waals surface area contributed by atoms with Crippen LogP contribution in [-0.2, 0) is 4.79 Å². The molecular formula is C13H16FNO4. The average Bonchev–Trinajstić information content (AvgIpc) is 2.33. The number of benzene rings is 1. The lowest BCUT2D eigenvalue weighted by molar-refractivity contribution is -0.128. The molecule has 0 saturated carbocycles. The highest BCUT2D eigenvalue weighted by Gasteiger charge is 2.12. The summed E-state index contributed by atoms with van der Waals surface area (Å²) in [5.74, 6) is -1.81. The van der Waals surface area contributed by atoms with E-state index in [1.54, 1.807) is 14.1 Å². The number of aromatic carboxylic acids is 1. The summed E-state index contributed by atoms with van der Waals surface area (Å²) in [4.78, 5) is 23.7. The van der Waals surface area contributed by atoms with Crippen LogP contribution in [0.2, 0.25) is 0 Å². The molecular weight excluding hydrogens is 253 g/mol. The number of carbonyl (C=O) groups excluding carboxylic acids is 1. The van der Waals surface area contributed by atoms with E-state index in [1.165, 1.54) is 4.90 Å². The van der Waals surface area contributed by atoms with Crippen molar-refractivity contribution in [2.75, 3.05) is 20.7 Å². The largest absolute Gasteiger partial charge is 0.493 e. The van der Waals surface area contributed by atoms with Crippen molar-refractivity contribution < 1.29 is 23.8 Å². The van der Waals surface area contributed by atoms with Gasteiger partial charge in [-0.25, -0.2) is 9.18 Å². The number of rotatable bonds is 6. The van der Waals surface area contributed by atoms with Crippen LogP contribution < -0.4 is 4.74 Å². The van der Waals surface area contributed by atoms with Crippen LogP contribution >= 0.6 is 0 Å². The summed E-state index contributed by atoms with van der Waals surface area (Å²) in [5.41, 5.74) is -0.0969. The van der Waals surface area contributed by atoms with Gasteiger partial charge >= 0.3 is 5.97 Å². The zero-order valence-corrected chi connectivity index (χ0v) is 10.9. The van der Waals surface area contributed by atoms with Crippen molar-refractivity contribution in [1.82, 2.24) is 4.90 Å². The second-order valence-electron chi connectivity index (χ2n) is 4.19. The van der Waals surface area contributed by atoms with Gasteiger partial charge in [0.1, 0.15) is 17.1 Å². The van der Waals surface area contributed by atoms with Gasteiger partial charge in [-0.2, -0.15) is 0 Å². The molecule has 0 heterocycles. The number of nitrogens with zero attached hydrogens (tertiary/aromatic N) is 1. The number of carboxylic acids is 1. The highest BCUT2D eigenvalue weighted by atomic mass is 19.1. The van der Waals surface area contributed by atoms with Crippen molar-refractivity contribution in [3.05, 3.63) is 29.6 Å². The minimum absolute atomic E-state index is 0.0233. The number of carbonyl (C=O) groups is 2. The highest BCUT2D eigenvalue weighted by Crippen LogP contribution is 2.20. The number of hydrogen-bond donors (Lipinski definition) is 1. The van der Waals surface area contributed by atoms with E-state index in [0.29, 0.717) is 12.8 Å². The minimum atomic E-state index is -1.18. The third-order valence-electron chi connectivity index (χ3n) is 2.47. The predicted octanol–water partition coefficient (Wildman–Crippen LogP) is 1.77. The van der Waals surface area contributed by atoms with Crippen LogP contribution in [-0.4, -0.2) is 42.6 Å². The van der Waals surface area contributed by atoms with Gasteiger partial charge in [-0.05, 0) is 18.6 Å². The second kappa shape index (κ2) is 6.72. The fourth-order valence-corrected chi connectivity index (χ4v) is 1.42. The van der Waals surface area contributed by atoms with E-state index in [-0.39, 0.29) is 23.8 Å². The molecule has 1 rings (SSSR count). The molecule has 0 aliphatic heterocycles. The smallest absolute Gasteiger partial charge is 0.339 e. The molecule has 0 spiro atoms. The molecule has 19 heavy (non-hydrogen) atoms. The Morgan fingerprint density at radius 1 is 1.37 bits per heavy atom. The fraction of sp³-hybridized carbons (Fsp3) is 0.385. The van der Waals surface area contributed by atoms with Gasteiger partial charge < -0.3 is 14.7 Å². The SMILES string of the molecule is CN(C)C(=O)CCCOc1cc(F)ccc1C(=O)O. The molecule has 0 aliphatic carbocycles. The first-order chi connectivity index (χ1) is 8.91. The first kappa shape index (κ1) is 14.9. The van der Waals surface area contributed by atoms with Crippen molar-refractivity contribution in [3.63, 3.8) is 0 Å². The Morgan fingerprint density at radius 2 is 2.05 bits per heavy atom. The molecule has 104 valence electrons. The number of hydrogen-bond acceptors (Lipinski definition) is 3. The lowest BCUT2D eigenvalue weighted by atomic mass is 10.2. The van der Waals surface area contributed by atoms with Crippen molar-refractivity contribution in [2.45, 2.75) is 12.8 Å². The van der Waals surface area contributed by atoms with Gasteiger partial charge in [-0.3, -0.25) is 4.79 Å². The van der Waals surface area contributed by atoms with E-state index in [1.807, 2.05) is 0 Å². The molecule has 1 aromatic carbocycles. The molecule has 6 heteroatoms. The Labute approximate surface area is 110 Å². The van der Waals surface area contributed by atoms with Crippen LogP contribution in [0.15, 0.2) is 18.2 Å². The summed E-state index contributed by atoms with van der Waals surface area (Å²) in [7, 11) is 3.30. The maximum absolute atomic E-state index is 13.0. The first-order valence-electron chi connectivity index (χ1n) is 5.77. The average molecular weight is 269 g/mol. The number of amides is 1. The van der Waals surface area contributed by atoms with E-state index in [4.69, 9.17) is 9.84 Å². The molecule has 1 N–H and O–H groups in total. The molecule has 5 nitrogen and oxygen atoms in total. The van der Waals surface area contributed by atoms with Gasteiger partial charge in [-0.15, -0.1) is 0 Å². The quantitative estimate of drug-likeness (QED) is 0.799. The number of carboxylic acid groups (broad SMARTS) is 1. The summed E-state index contributed by atoms with van der Waals surface area (Å²) in [6.07, 6.45) is 0.733. The highest BCUT2D eigenvalue weighted by molar-refractivity contribution is 5.90. The maximum Gasteiger partial charge on any atom is 0.339 e. The van der Waals surface area contributed by atoms with Gasteiger partial charge in [-0.1, -0.05) is 0 Å². The predicted molar refractivity (Wildman–Crippen MR) is 66.8 cm³/mol. The van der Waals surface area contributed by atoms with E-state index in [9.17, 15) is 14.0 Å². The van der Waals surface area contributed by atoms with Crippen molar-refractivity contribution in [1.29, 1.82) is 0 Å². The van der Waals surface area contributed by atoms with E-state index in [0.717, 1.165) is 18.2 Å². The first-order valence-corrected chi connectivity index (χ1v) is 5.77. The molecule has 0 aromatic heterocycles. The molecule has 0 unspecified atom stereocenters. The van der Waals surface area contributed by atoms with Gasteiger partial charge in [0, 0.05) is 26.6 Å². The van der Waals surface area contributed by atoms with Crippen LogP contribution in [0.1, 0.15) is 23.2 Å². The summed E-state index contributed by atoms with van der Waals surface area (Å²) in [6, 6.07) is 3.24. The van der Waals surface area contributed by atoms with E-state index >= 15 is 0 Å². The molecule has 0 aliphatic rings. The third-order valence-corrected chi connectivity index (χ3v) is 2.47. The zero-order chi connectivity index (χ0) is 14.4. The fourth-order valence-electron chi connectivity index (χ4n) is 1.42. The van der Waals surface area contributed by atoms with Crippen LogP contribution in [0.25, 0.3) is 0 Å². The molecule has 1 aromatic rings. The van der Waals surface area contributed by atoms with Crippen LogP contribution in [0.5, 0.6) is 5.75 Å². The van der Waals surface area contributed by atoms with Crippen LogP contribution in [0.3, 0.4) is 0 Å². The Kier molecular flexibility index (Phi) is 5.29. The third kappa shape index (κ3) is 4.57. The summed E-state index contributed by atoms with van der Waals surface area (Å²) >= 11 is 0. The normalized spacial score (nSPS) is 10.1. The monoisotopic (exact) mass is 269 g/mol. The minimum Gasteiger partial charge on any atom is -0.493 e. The van der Waals surface area contributed by atoms with Gasteiger partial charge in [0.25, 0.3) is 0 Å². The molecule has 0 atom stereocenters. The summed E-state index contributed by atoms with van der Waals surface area (Å²) in [6.45, 7) is 0.156. The number of halogens is 1. The Morgan fingerprint density at radius 3 is 2.63 bits per heavy atom. The van der Waals surface area contributed by atoms with Gasteiger partial charge in [0.2, 0.25) is 5.91 Å². The molecule has 0 saturated heterocycles. The van der Waals surface area contributed by atoms with Crippen LogP contribution in [0, 0.1) is 5.82 Å². The van der Waals surface area contributed by atoms with Gasteiger partial charge in [0.15, 0.2) is 0 Å². The lowest BCUT2D eigenvalue weighted by Gasteiger charge is -2.11. The Bertz CT molecular complexity index is 474. The lowest BCUT2D eigenvalue weighted by Crippen LogP contribution is -2.21. The second-order valence-corrected chi connectivity index (χ2v) is 4.19. The van der Waals surface area contributed by atoms with Crippen molar-refractivity contribution in [3.8, 4) is 5.75 Å².